The Kier molecular flexibility index (Phi) is 3.22. The fourth-order valence-electron chi connectivity index (χ4n) is 1.06. The summed E-state index contributed by atoms with van der Waals surface area (Å²) in [6, 6.07) is 7.25. The van der Waals surface area contributed by atoms with Crippen molar-refractivity contribution in [3.8, 4) is 0 Å². The van der Waals surface area contributed by atoms with Crippen LogP contribution in [0.5, 0.6) is 0 Å². The first-order valence-electron chi connectivity index (χ1n) is 3.87. The number of aliphatic hydroxyl groups excluding tert-OH is 2. The highest BCUT2D eigenvalue weighted by atomic mass is 16.3. The van der Waals surface area contributed by atoms with E-state index in [1.165, 1.54) is 0 Å². The molecule has 0 aliphatic carbocycles. The van der Waals surface area contributed by atoms with Crippen molar-refractivity contribution in [2.75, 3.05) is 6.61 Å². The lowest BCUT2D eigenvalue weighted by Gasteiger charge is -2.06. The van der Waals surface area contributed by atoms with Gasteiger partial charge < -0.3 is 15.9 Å². The third-order valence-corrected chi connectivity index (χ3v) is 1.69. The molecule has 0 aliphatic heterocycles. The fraction of sp³-hybridized carbons (Fsp3) is 0.333. The van der Waals surface area contributed by atoms with Crippen LogP contribution < -0.4 is 5.73 Å². The van der Waals surface area contributed by atoms with Gasteiger partial charge in [-0.15, -0.1) is 0 Å². The molecule has 3 heteroatoms. The first-order chi connectivity index (χ1) is 5.74. The molecule has 0 bridgehead atoms. The fourth-order valence-corrected chi connectivity index (χ4v) is 1.06. The summed E-state index contributed by atoms with van der Waals surface area (Å²) in [5, 5.41) is 17.7. The molecule has 4 N–H and O–H groups in total. The van der Waals surface area contributed by atoms with Gasteiger partial charge in [-0.1, -0.05) is 24.3 Å². The SMILES string of the molecule is NC(O)c1cccc(CCO)c1. The number of aliphatic hydroxyl groups is 2. The van der Waals surface area contributed by atoms with Crippen LogP contribution in [0, 0.1) is 0 Å². The average Bonchev–Trinajstić information content (AvgIpc) is 2.05. The summed E-state index contributed by atoms with van der Waals surface area (Å²) in [5.74, 6) is 0. The lowest BCUT2D eigenvalue weighted by atomic mass is 10.1. The Hall–Kier alpha value is -0.900. The van der Waals surface area contributed by atoms with Crippen LogP contribution in [0.15, 0.2) is 24.3 Å². The number of hydrogen-bond donors (Lipinski definition) is 3. The van der Waals surface area contributed by atoms with Crippen LogP contribution in [0.2, 0.25) is 0 Å². The quantitative estimate of drug-likeness (QED) is 0.562. The zero-order valence-electron chi connectivity index (χ0n) is 6.77. The number of hydrogen-bond acceptors (Lipinski definition) is 3. The third kappa shape index (κ3) is 2.30. The maximum absolute atomic E-state index is 9.03. The first kappa shape index (κ1) is 9.19. The zero-order chi connectivity index (χ0) is 8.97. The topological polar surface area (TPSA) is 66.5 Å². The van der Waals surface area contributed by atoms with Crippen LogP contribution in [0.25, 0.3) is 0 Å². The molecule has 66 valence electrons. The average molecular weight is 167 g/mol. The Morgan fingerprint density at radius 2 is 2.17 bits per heavy atom. The van der Waals surface area contributed by atoms with Gasteiger partial charge in [0.1, 0.15) is 6.23 Å². The van der Waals surface area contributed by atoms with Crippen LogP contribution in [0.3, 0.4) is 0 Å². The van der Waals surface area contributed by atoms with Gasteiger partial charge in [-0.3, -0.25) is 0 Å². The van der Waals surface area contributed by atoms with Gasteiger partial charge in [0, 0.05) is 6.61 Å². The summed E-state index contributed by atoms with van der Waals surface area (Å²) in [4.78, 5) is 0. The van der Waals surface area contributed by atoms with Gasteiger partial charge in [-0.25, -0.2) is 0 Å². The highest BCUT2D eigenvalue weighted by Gasteiger charge is 2.00. The van der Waals surface area contributed by atoms with Crippen molar-refractivity contribution in [3.05, 3.63) is 35.4 Å². The Balaban J connectivity index is 2.81. The Morgan fingerprint density at radius 1 is 1.42 bits per heavy atom. The summed E-state index contributed by atoms with van der Waals surface area (Å²) >= 11 is 0. The number of rotatable bonds is 3. The second kappa shape index (κ2) is 4.21. The molecule has 0 heterocycles. The van der Waals surface area contributed by atoms with E-state index in [1.54, 1.807) is 12.1 Å². The molecule has 0 radical (unpaired) electrons. The normalized spacial score (nSPS) is 12.9. The second-order valence-electron chi connectivity index (χ2n) is 2.66. The molecule has 0 aromatic heterocycles. The minimum absolute atomic E-state index is 0.115. The van der Waals surface area contributed by atoms with Crippen molar-refractivity contribution >= 4 is 0 Å². The molecule has 0 saturated heterocycles. The molecule has 1 atom stereocenters. The van der Waals surface area contributed by atoms with Crippen molar-refractivity contribution in [3.63, 3.8) is 0 Å². The van der Waals surface area contributed by atoms with E-state index in [-0.39, 0.29) is 6.61 Å². The lowest BCUT2D eigenvalue weighted by molar-refractivity contribution is 0.186. The molecule has 0 spiro atoms. The molecule has 0 fully saturated rings. The van der Waals surface area contributed by atoms with Gasteiger partial charge in [0.15, 0.2) is 0 Å². The van der Waals surface area contributed by atoms with Crippen LogP contribution in [0.4, 0.5) is 0 Å². The standard InChI is InChI=1S/C9H13NO2/c10-9(12)8-3-1-2-7(6-8)4-5-11/h1-3,6,9,11-12H,4-5,10H2. The zero-order valence-corrected chi connectivity index (χ0v) is 6.77. The summed E-state index contributed by atoms with van der Waals surface area (Å²) < 4.78 is 0. The van der Waals surface area contributed by atoms with E-state index in [0.717, 1.165) is 5.56 Å². The van der Waals surface area contributed by atoms with Crippen LogP contribution in [-0.2, 0) is 6.42 Å². The molecule has 1 aromatic rings. The summed E-state index contributed by atoms with van der Waals surface area (Å²) in [5.41, 5.74) is 6.94. The second-order valence-corrected chi connectivity index (χ2v) is 2.66. The molecule has 12 heavy (non-hydrogen) atoms. The minimum atomic E-state index is -0.927. The summed E-state index contributed by atoms with van der Waals surface area (Å²) in [6.07, 6.45) is -0.329. The highest BCUT2D eigenvalue weighted by Crippen LogP contribution is 2.10. The monoisotopic (exact) mass is 167 g/mol. The van der Waals surface area contributed by atoms with E-state index in [4.69, 9.17) is 15.9 Å². The molecular weight excluding hydrogens is 154 g/mol. The molecular formula is C9H13NO2. The van der Waals surface area contributed by atoms with Gasteiger partial charge in [0.2, 0.25) is 0 Å². The van der Waals surface area contributed by atoms with Crippen LogP contribution in [-0.4, -0.2) is 16.8 Å². The van der Waals surface area contributed by atoms with Crippen molar-refractivity contribution < 1.29 is 10.2 Å². The van der Waals surface area contributed by atoms with E-state index in [9.17, 15) is 0 Å². The van der Waals surface area contributed by atoms with E-state index >= 15 is 0 Å². The molecule has 1 unspecified atom stereocenters. The molecule has 1 rings (SSSR count). The lowest BCUT2D eigenvalue weighted by Crippen LogP contribution is -2.08. The van der Waals surface area contributed by atoms with Gasteiger partial charge in [-0.2, -0.15) is 0 Å². The summed E-state index contributed by atoms with van der Waals surface area (Å²) in [7, 11) is 0. The van der Waals surface area contributed by atoms with Crippen molar-refractivity contribution in [1.29, 1.82) is 0 Å². The smallest absolute Gasteiger partial charge is 0.128 e. The van der Waals surface area contributed by atoms with Crippen LogP contribution in [0.1, 0.15) is 17.4 Å². The van der Waals surface area contributed by atoms with Gasteiger partial charge in [0.25, 0.3) is 0 Å². The first-order valence-corrected chi connectivity index (χ1v) is 3.87. The van der Waals surface area contributed by atoms with Crippen molar-refractivity contribution in [2.45, 2.75) is 12.6 Å². The van der Waals surface area contributed by atoms with Gasteiger partial charge in [-0.05, 0) is 17.5 Å². The van der Waals surface area contributed by atoms with Crippen LogP contribution >= 0.6 is 0 Å². The molecule has 0 saturated carbocycles. The summed E-state index contributed by atoms with van der Waals surface area (Å²) in [6.45, 7) is 0.115. The maximum Gasteiger partial charge on any atom is 0.128 e. The number of nitrogens with two attached hydrogens (primary N) is 1. The van der Waals surface area contributed by atoms with Gasteiger partial charge in [0.05, 0.1) is 0 Å². The highest BCUT2D eigenvalue weighted by molar-refractivity contribution is 5.24. The Morgan fingerprint density at radius 3 is 2.75 bits per heavy atom. The largest absolute Gasteiger partial charge is 0.396 e. The molecule has 3 nitrogen and oxygen atoms in total. The predicted octanol–water partition coefficient (Wildman–Crippen LogP) is 0.171. The van der Waals surface area contributed by atoms with Gasteiger partial charge >= 0.3 is 0 Å². The minimum Gasteiger partial charge on any atom is -0.396 e. The Labute approximate surface area is 71.5 Å². The molecule has 0 amide bonds. The Bertz CT molecular complexity index is 248. The van der Waals surface area contributed by atoms with Crippen molar-refractivity contribution in [1.82, 2.24) is 0 Å². The third-order valence-electron chi connectivity index (χ3n) is 1.69. The maximum atomic E-state index is 9.03. The number of benzene rings is 1. The molecule has 1 aromatic carbocycles. The van der Waals surface area contributed by atoms with E-state index in [1.807, 2.05) is 12.1 Å². The van der Waals surface area contributed by atoms with Crippen molar-refractivity contribution in [2.24, 2.45) is 5.73 Å². The molecule has 0 aliphatic rings. The van der Waals surface area contributed by atoms with E-state index in [2.05, 4.69) is 0 Å². The predicted molar refractivity (Wildman–Crippen MR) is 46.4 cm³/mol. The van der Waals surface area contributed by atoms with E-state index in [0.29, 0.717) is 12.0 Å². The van der Waals surface area contributed by atoms with E-state index < -0.39 is 6.23 Å².